The maximum atomic E-state index is 2.75. The molecule has 0 fully saturated rings. The van der Waals surface area contributed by atoms with Gasteiger partial charge in [0.05, 0.1) is 0 Å². The van der Waals surface area contributed by atoms with Crippen LogP contribution < -0.4 is 0 Å². The van der Waals surface area contributed by atoms with E-state index in [4.69, 9.17) is 0 Å². The maximum Gasteiger partial charge on any atom is -0.0232 e. The summed E-state index contributed by atoms with van der Waals surface area (Å²) in [6.45, 7) is 4.37. The van der Waals surface area contributed by atoms with Gasteiger partial charge in [-0.1, -0.05) is 13.8 Å². The van der Waals surface area contributed by atoms with Gasteiger partial charge in [-0.3, -0.25) is 0 Å². The van der Waals surface area contributed by atoms with E-state index in [2.05, 4.69) is 32.3 Å². The number of hydrogen-bond donors (Lipinski definition) is 0. The Labute approximate surface area is 44.5 Å². The molecule has 2 heteroatoms. The molecule has 0 saturated heterocycles. The molecule has 0 nitrogen and oxygen atoms in total. The first kappa shape index (κ1) is 6.86. The van der Waals surface area contributed by atoms with Crippen LogP contribution in [0, 0.1) is 0 Å². The first-order chi connectivity index (χ1) is 2.64. The third kappa shape index (κ3) is 3.07. The second-order valence-electron chi connectivity index (χ2n) is 1.72. The molecule has 4 atom stereocenters. The predicted octanol–water partition coefficient (Wildman–Crippen LogP) is 1.51. The highest BCUT2D eigenvalue weighted by Crippen LogP contribution is 2.11. The highest BCUT2D eigenvalue weighted by atomic mass is 31.0. The zero-order chi connectivity index (χ0) is 5.15. The number of rotatable bonds is 1. The van der Waals surface area contributed by atoms with E-state index in [9.17, 15) is 0 Å². The van der Waals surface area contributed by atoms with Crippen molar-refractivity contribution < 1.29 is 0 Å². The van der Waals surface area contributed by atoms with Gasteiger partial charge < -0.3 is 0 Å². The smallest absolute Gasteiger partial charge is 0.0232 e. The van der Waals surface area contributed by atoms with Gasteiger partial charge in [-0.05, 0) is 11.3 Å². The Kier molecular flexibility index (Phi) is 3.36. The van der Waals surface area contributed by atoms with Crippen molar-refractivity contribution in [3.8, 4) is 0 Å². The Morgan fingerprint density at radius 1 is 1.00 bits per heavy atom. The molecule has 0 saturated carbocycles. The Bertz CT molecular complexity index is 26.5. The van der Waals surface area contributed by atoms with Crippen LogP contribution in [0.3, 0.4) is 0 Å². The lowest BCUT2D eigenvalue weighted by Gasteiger charge is -2.05. The first-order valence-corrected chi connectivity index (χ1v) is 3.49. The van der Waals surface area contributed by atoms with Gasteiger partial charge in [0.1, 0.15) is 0 Å². The average Bonchev–Trinajstić information content (AvgIpc) is 1.36. The number of hydrogen-bond acceptors (Lipinski definition) is 0. The topological polar surface area (TPSA) is 0 Å². The molecule has 0 aromatic heterocycles. The minimum atomic E-state index is 0.731. The molecule has 0 aliphatic heterocycles. The Balaban J connectivity index is 2.99. The first-order valence-electron chi connectivity index (χ1n) is 2.15. The highest BCUT2D eigenvalue weighted by Gasteiger charge is 1.96. The van der Waals surface area contributed by atoms with Gasteiger partial charge in [-0.25, -0.2) is 0 Å². The zero-order valence-electron chi connectivity index (χ0n) is 4.31. The molecule has 0 radical (unpaired) electrons. The fourth-order valence-electron chi connectivity index (χ4n) is 0. The largest absolute Gasteiger partial charge is 0.134 e. The van der Waals surface area contributed by atoms with E-state index in [-0.39, 0.29) is 0 Å². The van der Waals surface area contributed by atoms with Crippen molar-refractivity contribution in [2.75, 3.05) is 0 Å². The van der Waals surface area contributed by atoms with E-state index in [1.54, 1.807) is 0 Å². The van der Waals surface area contributed by atoms with Crippen molar-refractivity contribution >= 4 is 18.5 Å². The lowest BCUT2D eigenvalue weighted by atomic mass is 10.4. The SMILES string of the molecule is CC(P)[C@@H](C)P. The van der Waals surface area contributed by atoms with Crippen LogP contribution >= 0.6 is 18.5 Å². The summed E-state index contributed by atoms with van der Waals surface area (Å²) in [6.07, 6.45) is 0. The molecule has 0 heterocycles. The molecule has 0 aromatic carbocycles. The minimum Gasteiger partial charge on any atom is -0.134 e. The van der Waals surface area contributed by atoms with Crippen molar-refractivity contribution in [2.24, 2.45) is 0 Å². The summed E-state index contributed by atoms with van der Waals surface area (Å²) >= 11 is 0. The normalized spacial score (nSPS) is 20.0. The molecular formula is C4H12P2. The molecule has 0 amide bonds. The molecule has 38 valence electrons. The summed E-state index contributed by atoms with van der Waals surface area (Å²) < 4.78 is 0. The molecule has 0 bridgehead atoms. The summed E-state index contributed by atoms with van der Waals surface area (Å²) in [5.41, 5.74) is 1.46. The van der Waals surface area contributed by atoms with Gasteiger partial charge in [0.25, 0.3) is 0 Å². The summed E-state index contributed by atoms with van der Waals surface area (Å²) in [7, 11) is 5.50. The fourth-order valence-corrected chi connectivity index (χ4v) is 0. The van der Waals surface area contributed by atoms with E-state index in [0.717, 1.165) is 11.3 Å². The summed E-state index contributed by atoms with van der Waals surface area (Å²) in [4.78, 5) is 0. The lowest BCUT2D eigenvalue weighted by Crippen LogP contribution is -2.01. The van der Waals surface area contributed by atoms with Crippen molar-refractivity contribution in [3.63, 3.8) is 0 Å². The van der Waals surface area contributed by atoms with Gasteiger partial charge in [-0.2, -0.15) is 0 Å². The molecule has 3 unspecified atom stereocenters. The van der Waals surface area contributed by atoms with Crippen LogP contribution in [0.1, 0.15) is 13.8 Å². The van der Waals surface area contributed by atoms with Crippen molar-refractivity contribution in [3.05, 3.63) is 0 Å². The quantitative estimate of drug-likeness (QED) is 0.462. The predicted molar refractivity (Wildman–Crippen MR) is 38.3 cm³/mol. The van der Waals surface area contributed by atoms with Crippen LogP contribution in [0.4, 0.5) is 0 Å². The third-order valence-corrected chi connectivity index (χ3v) is 2.49. The summed E-state index contributed by atoms with van der Waals surface area (Å²) in [5, 5.41) is 0. The molecule has 0 N–H and O–H groups in total. The molecule has 0 aliphatic rings. The summed E-state index contributed by atoms with van der Waals surface area (Å²) in [6, 6.07) is 0. The van der Waals surface area contributed by atoms with Crippen molar-refractivity contribution in [1.29, 1.82) is 0 Å². The van der Waals surface area contributed by atoms with Gasteiger partial charge >= 0.3 is 0 Å². The molecular weight excluding hydrogens is 110 g/mol. The second-order valence-corrected chi connectivity index (χ2v) is 3.82. The van der Waals surface area contributed by atoms with E-state index in [1.165, 1.54) is 0 Å². The van der Waals surface area contributed by atoms with Crippen LogP contribution in [0.25, 0.3) is 0 Å². The van der Waals surface area contributed by atoms with Gasteiger partial charge in [0.15, 0.2) is 0 Å². The summed E-state index contributed by atoms with van der Waals surface area (Å²) in [5.74, 6) is 0. The van der Waals surface area contributed by atoms with Gasteiger partial charge in [0, 0.05) is 0 Å². The standard InChI is InChI=1S/C4H12P2/c1-3(5)4(2)6/h3-4H,5-6H2,1-2H3/t3-,4?/m1/s1. The minimum absolute atomic E-state index is 0.731. The highest BCUT2D eigenvalue weighted by molar-refractivity contribution is 7.23. The van der Waals surface area contributed by atoms with Gasteiger partial charge in [0.2, 0.25) is 0 Å². The Hall–Kier alpha value is 0.860. The maximum absolute atomic E-state index is 2.75. The molecule has 0 rings (SSSR count). The van der Waals surface area contributed by atoms with E-state index < -0.39 is 0 Å². The van der Waals surface area contributed by atoms with Crippen LogP contribution in [0.5, 0.6) is 0 Å². The molecule has 0 aromatic rings. The van der Waals surface area contributed by atoms with Crippen molar-refractivity contribution in [2.45, 2.75) is 25.2 Å². The monoisotopic (exact) mass is 122 g/mol. The molecule has 0 spiro atoms. The van der Waals surface area contributed by atoms with E-state index in [0.29, 0.717) is 0 Å². The zero-order valence-corrected chi connectivity index (χ0v) is 6.62. The van der Waals surface area contributed by atoms with Crippen LogP contribution in [0.2, 0.25) is 0 Å². The van der Waals surface area contributed by atoms with Crippen molar-refractivity contribution in [1.82, 2.24) is 0 Å². The average molecular weight is 122 g/mol. The Morgan fingerprint density at radius 3 is 1.17 bits per heavy atom. The van der Waals surface area contributed by atoms with Crippen LogP contribution in [-0.4, -0.2) is 11.3 Å². The molecule has 6 heavy (non-hydrogen) atoms. The molecule has 0 aliphatic carbocycles. The second kappa shape index (κ2) is 2.94. The third-order valence-electron chi connectivity index (χ3n) is 0.829. The fraction of sp³-hybridized carbons (Fsp3) is 1.00. The van der Waals surface area contributed by atoms with E-state index in [1.807, 2.05) is 0 Å². The lowest BCUT2D eigenvalue weighted by molar-refractivity contribution is 0.930. The van der Waals surface area contributed by atoms with Crippen LogP contribution in [0.15, 0.2) is 0 Å². The Morgan fingerprint density at radius 2 is 1.17 bits per heavy atom. The van der Waals surface area contributed by atoms with E-state index >= 15 is 0 Å². The van der Waals surface area contributed by atoms with Crippen LogP contribution in [-0.2, 0) is 0 Å². The van der Waals surface area contributed by atoms with Gasteiger partial charge in [-0.15, -0.1) is 18.5 Å².